The van der Waals surface area contributed by atoms with Crippen LogP contribution < -0.4 is 10.6 Å². The van der Waals surface area contributed by atoms with Gasteiger partial charge in [-0.1, -0.05) is 30.3 Å². The molecule has 0 unspecified atom stereocenters. The monoisotopic (exact) mass is 341 g/mol. The van der Waals surface area contributed by atoms with Gasteiger partial charge in [-0.2, -0.15) is 4.98 Å². The molecule has 0 atom stereocenters. The summed E-state index contributed by atoms with van der Waals surface area (Å²) in [6.07, 6.45) is 0.976. The van der Waals surface area contributed by atoms with Crippen LogP contribution in [0.1, 0.15) is 11.3 Å². The molecule has 0 radical (unpaired) electrons. The van der Waals surface area contributed by atoms with Crippen LogP contribution >= 0.6 is 0 Å². The average molecular weight is 341 g/mol. The number of nitrogens with zero attached hydrogens (tertiary/aromatic N) is 3. The van der Waals surface area contributed by atoms with E-state index in [9.17, 15) is 0 Å². The van der Waals surface area contributed by atoms with Crippen LogP contribution in [0.2, 0.25) is 0 Å². The number of ether oxygens (including phenoxy) is 1. The lowest BCUT2D eigenvalue weighted by Crippen LogP contribution is -2.39. The lowest BCUT2D eigenvalue weighted by molar-refractivity contribution is 0.0398. The second-order valence-electron chi connectivity index (χ2n) is 6.26. The largest absolute Gasteiger partial charge is 0.379 e. The van der Waals surface area contributed by atoms with Gasteiger partial charge in [-0.05, 0) is 18.9 Å². The average Bonchev–Trinajstić information content (AvgIpc) is 2.63. The Balaban J connectivity index is 1.46. The summed E-state index contributed by atoms with van der Waals surface area (Å²) >= 11 is 0. The van der Waals surface area contributed by atoms with Crippen molar-refractivity contribution in [1.82, 2.24) is 14.9 Å². The fraction of sp³-hybridized carbons (Fsp3) is 0.474. The van der Waals surface area contributed by atoms with Crippen LogP contribution in [-0.2, 0) is 11.2 Å². The smallest absolute Gasteiger partial charge is 0.224 e. The third kappa shape index (κ3) is 5.99. The first-order valence-electron chi connectivity index (χ1n) is 8.97. The quantitative estimate of drug-likeness (QED) is 0.767. The van der Waals surface area contributed by atoms with E-state index >= 15 is 0 Å². The summed E-state index contributed by atoms with van der Waals surface area (Å²) in [6.45, 7) is 8.34. The Morgan fingerprint density at radius 2 is 1.84 bits per heavy atom. The number of aryl methyl sites for hydroxylation is 1. The van der Waals surface area contributed by atoms with Gasteiger partial charge in [0.1, 0.15) is 5.82 Å². The van der Waals surface area contributed by atoms with E-state index < -0.39 is 0 Å². The zero-order chi connectivity index (χ0) is 17.3. The minimum absolute atomic E-state index is 0.690. The Bertz CT molecular complexity index is 644. The van der Waals surface area contributed by atoms with Crippen molar-refractivity contribution in [2.24, 2.45) is 0 Å². The van der Waals surface area contributed by atoms with E-state index in [0.29, 0.717) is 5.95 Å². The number of rotatable bonds is 8. The minimum atomic E-state index is 0.690. The number of hydrogen-bond donors (Lipinski definition) is 2. The SMILES string of the molecule is Cc1cc(NCCc2ccccc2)nc(NCCN2CCOCC2)n1. The molecule has 1 fully saturated rings. The van der Waals surface area contributed by atoms with E-state index in [4.69, 9.17) is 4.74 Å². The van der Waals surface area contributed by atoms with Crippen molar-refractivity contribution in [1.29, 1.82) is 0 Å². The molecule has 1 saturated heterocycles. The van der Waals surface area contributed by atoms with Crippen LogP contribution in [0.25, 0.3) is 0 Å². The Morgan fingerprint density at radius 3 is 2.64 bits per heavy atom. The fourth-order valence-electron chi connectivity index (χ4n) is 2.87. The molecular weight excluding hydrogens is 314 g/mol. The van der Waals surface area contributed by atoms with Gasteiger partial charge in [0.05, 0.1) is 13.2 Å². The number of benzene rings is 1. The summed E-state index contributed by atoms with van der Waals surface area (Å²) < 4.78 is 5.37. The number of hydrogen-bond acceptors (Lipinski definition) is 6. The molecule has 1 aromatic carbocycles. The maximum Gasteiger partial charge on any atom is 0.224 e. The van der Waals surface area contributed by atoms with E-state index in [-0.39, 0.29) is 0 Å². The van der Waals surface area contributed by atoms with Gasteiger partial charge in [0.15, 0.2) is 0 Å². The van der Waals surface area contributed by atoms with E-state index in [1.165, 1.54) is 5.56 Å². The molecule has 3 rings (SSSR count). The highest BCUT2D eigenvalue weighted by molar-refractivity contribution is 5.42. The van der Waals surface area contributed by atoms with Crippen molar-refractivity contribution < 1.29 is 4.74 Å². The topological polar surface area (TPSA) is 62.3 Å². The zero-order valence-corrected chi connectivity index (χ0v) is 14.9. The Morgan fingerprint density at radius 1 is 1.04 bits per heavy atom. The third-order valence-corrected chi connectivity index (χ3v) is 4.23. The van der Waals surface area contributed by atoms with Gasteiger partial charge in [-0.15, -0.1) is 0 Å². The van der Waals surface area contributed by atoms with Crippen molar-refractivity contribution >= 4 is 11.8 Å². The highest BCUT2D eigenvalue weighted by Crippen LogP contribution is 2.10. The van der Waals surface area contributed by atoms with Crippen LogP contribution in [0.3, 0.4) is 0 Å². The third-order valence-electron chi connectivity index (χ3n) is 4.23. The van der Waals surface area contributed by atoms with Crippen LogP contribution in [-0.4, -0.2) is 60.8 Å². The molecule has 25 heavy (non-hydrogen) atoms. The lowest BCUT2D eigenvalue weighted by Gasteiger charge is -2.26. The van der Waals surface area contributed by atoms with Gasteiger partial charge in [-0.3, -0.25) is 4.90 Å². The number of anilines is 2. The first-order chi connectivity index (χ1) is 12.3. The van der Waals surface area contributed by atoms with E-state index in [1.54, 1.807) is 0 Å². The zero-order valence-electron chi connectivity index (χ0n) is 14.9. The van der Waals surface area contributed by atoms with Gasteiger partial charge in [-0.25, -0.2) is 4.98 Å². The Hall–Kier alpha value is -2.18. The highest BCUT2D eigenvalue weighted by atomic mass is 16.5. The van der Waals surface area contributed by atoms with Crippen LogP contribution in [0.15, 0.2) is 36.4 Å². The van der Waals surface area contributed by atoms with Crippen molar-refractivity contribution in [3.63, 3.8) is 0 Å². The number of aromatic nitrogens is 2. The van der Waals surface area contributed by atoms with E-state index in [0.717, 1.165) is 63.9 Å². The number of nitrogens with one attached hydrogen (secondary N) is 2. The molecule has 0 bridgehead atoms. The molecule has 0 saturated carbocycles. The predicted octanol–water partition coefficient (Wildman–Crippen LogP) is 2.18. The van der Waals surface area contributed by atoms with E-state index in [2.05, 4.69) is 49.8 Å². The summed E-state index contributed by atoms with van der Waals surface area (Å²) in [6, 6.07) is 12.5. The Kier molecular flexibility index (Phi) is 6.59. The maximum atomic E-state index is 5.37. The van der Waals surface area contributed by atoms with Crippen molar-refractivity contribution in [3.05, 3.63) is 47.7 Å². The summed E-state index contributed by atoms with van der Waals surface area (Å²) in [5.74, 6) is 1.56. The molecule has 0 aliphatic carbocycles. The lowest BCUT2D eigenvalue weighted by atomic mass is 10.1. The molecule has 2 heterocycles. The second-order valence-corrected chi connectivity index (χ2v) is 6.26. The first-order valence-corrected chi connectivity index (χ1v) is 8.97. The van der Waals surface area contributed by atoms with Crippen molar-refractivity contribution in [3.8, 4) is 0 Å². The van der Waals surface area contributed by atoms with E-state index in [1.807, 2.05) is 19.1 Å². The molecule has 2 aromatic rings. The van der Waals surface area contributed by atoms with Gasteiger partial charge < -0.3 is 15.4 Å². The molecule has 134 valence electrons. The molecule has 6 heteroatoms. The summed E-state index contributed by atoms with van der Waals surface area (Å²) in [4.78, 5) is 11.4. The molecule has 0 spiro atoms. The maximum absolute atomic E-state index is 5.37. The van der Waals surface area contributed by atoms with Gasteiger partial charge in [0, 0.05) is 44.5 Å². The standard InChI is InChI=1S/C19H27N5O/c1-16-15-18(20-8-7-17-5-3-2-4-6-17)23-19(22-16)21-9-10-24-11-13-25-14-12-24/h2-6,15H,7-14H2,1H3,(H2,20,21,22,23). The van der Waals surface area contributed by atoms with Crippen molar-refractivity contribution in [2.75, 3.05) is 56.6 Å². The highest BCUT2D eigenvalue weighted by Gasteiger charge is 2.09. The number of morpholine rings is 1. The minimum Gasteiger partial charge on any atom is -0.379 e. The molecule has 1 aliphatic rings. The molecular formula is C19H27N5O. The summed E-state index contributed by atoms with van der Waals surface area (Å²) in [5, 5.41) is 6.73. The second kappa shape index (κ2) is 9.34. The molecule has 0 amide bonds. The predicted molar refractivity (Wildman–Crippen MR) is 101 cm³/mol. The molecule has 1 aromatic heterocycles. The molecule has 1 aliphatic heterocycles. The summed E-state index contributed by atoms with van der Waals surface area (Å²) in [5.41, 5.74) is 2.29. The van der Waals surface area contributed by atoms with Crippen molar-refractivity contribution in [2.45, 2.75) is 13.3 Å². The molecule has 2 N–H and O–H groups in total. The normalized spacial score (nSPS) is 15.1. The van der Waals surface area contributed by atoms with Crippen LogP contribution in [0.5, 0.6) is 0 Å². The summed E-state index contributed by atoms with van der Waals surface area (Å²) in [7, 11) is 0. The van der Waals surface area contributed by atoms with Crippen LogP contribution in [0, 0.1) is 6.92 Å². The first kappa shape index (κ1) is 17.6. The van der Waals surface area contributed by atoms with Crippen LogP contribution in [0.4, 0.5) is 11.8 Å². The molecule has 6 nitrogen and oxygen atoms in total. The fourth-order valence-corrected chi connectivity index (χ4v) is 2.87. The van der Waals surface area contributed by atoms with Gasteiger partial charge in [0.2, 0.25) is 5.95 Å². The van der Waals surface area contributed by atoms with Gasteiger partial charge >= 0.3 is 0 Å². The Labute approximate surface area is 149 Å². The van der Waals surface area contributed by atoms with Gasteiger partial charge in [0.25, 0.3) is 0 Å².